The lowest BCUT2D eigenvalue weighted by Crippen LogP contribution is -2.30. The Morgan fingerprint density at radius 2 is 2.17 bits per heavy atom. The van der Waals surface area contributed by atoms with E-state index in [2.05, 4.69) is 38.2 Å². The van der Waals surface area contributed by atoms with E-state index in [1.165, 1.54) is 23.1 Å². The van der Waals surface area contributed by atoms with Crippen molar-refractivity contribution >= 4 is 11.6 Å². The maximum Gasteiger partial charge on any atom is 0.0475 e. The summed E-state index contributed by atoms with van der Waals surface area (Å²) in [7, 11) is 0. The first kappa shape index (κ1) is 12.5. The maximum absolute atomic E-state index is 6.64. The lowest BCUT2D eigenvalue weighted by Gasteiger charge is -2.37. The molecule has 0 bridgehead atoms. The van der Waals surface area contributed by atoms with Crippen LogP contribution in [-0.2, 0) is 6.42 Å². The summed E-state index contributed by atoms with van der Waals surface area (Å²) in [5.41, 5.74) is 4.68. The SMILES string of the molecule is CC(C)c1ccc2c(c1Cl)CC[C@]1(C)CNC[C@@H]21. The van der Waals surface area contributed by atoms with Crippen molar-refractivity contribution in [3.63, 3.8) is 0 Å². The van der Waals surface area contributed by atoms with Gasteiger partial charge in [0, 0.05) is 24.0 Å². The van der Waals surface area contributed by atoms with Gasteiger partial charge in [-0.1, -0.05) is 44.5 Å². The summed E-state index contributed by atoms with van der Waals surface area (Å²) in [6.45, 7) is 9.13. The average molecular weight is 264 g/mol. The second-order valence-electron chi connectivity index (χ2n) is 6.53. The Morgan fingerprint density at radius 1 is 1.39 bits per heavy atom. The van der Waals surface area contributed by atoms with Crippen molar-refractivity contribution in [3.8, 4) is 0 Å². The van der Waals surface area contributed by atoms with Crippen LogP contribution in [0.1, 0.15) is 55.7 Å². The number of hydrogen-bond donors (Lipinski definition) is 1. The van der Waals surface area contributed by atoms with Gasteiger partial charge in [-0.15, -0.1) is 0 Å². The molecule has 0 amide bonds. The van der Waals surface area contributed by atoms with Gasteiger partial charge in [0.05, 0.1) is 0 Å². The monoisotopic (exact) mass is 263 g/mol. The molecule has 0 radical (unpaired) electrons. The van der Waals surface area contributed by atoms with E-state index in [1.807, 2.05) is 0 Å². The van der Waals surface area contributed by atoms with Crippen LogP contribution in [0, 0.1) is 5.41 Å². The number of nitrogens with one attached hydrogen (secondary N) is 1. The van der Waals surface area contributed by atoms with E-state index >= 15 is 0 Å². The number of hydrogen-bond acceptors (Lipinski definition) is 1. The zero-order valence-corrected chi connectivity index (χ0v) is 12.3. The Hall–Kier alpha value is -0.530. The van der Waals surface area contributed by atoms with Crippen LogP contribution in [0.5, 0.6) is 0 Å². The lowest BCUT2D eigenvalue weighted by atomic mass is 9.66. The summed E-state index contributed by atoms with van der Waals surface area (Å²) < 4.78 is 0. The number of halogens is 1. The molecule has 2 heteroatoms. The number of benzene rings is 1. The number of fused-ring (bicyclic) bond motifs is 3. The quantitative estimate of drug-likeness (QED) is 0.804. The molecule has 1 fully saturated rings. The third-order valence-electron chi connectivity index (χ3n) is 4.97. The van der Waals surface area contributed by atoms with Crippen molar-refractivity contribution in [2.24, 2.45) is 5.41 Å². The summed E-state index contributed by atoms with van der Waals surface area (Å²) in [5.74, 6) is 1.16. The van der Waals surface area contributed by atoms with Crippen LogP contribution in [0.2, 0.25) is 5.02 Å². The van der Waals surface area contributed by atoms with E-state index in [9.17, 15) is 0 Å². The molecular formula is C16H22ClN. The second-order valence-corrected chi connectivity index (χ2v) is 6.91. The molecule has 1 aliphatic heterocycles. The van der Waals surface area contributed by atoms with E-state index in [4.69, 9.17) is 11.6 Å². The summed E-state index contributed by atoms with van der Waals surface area (Å²) in [6.07, 6.45) is 2.41. The zero-order chi connectivity index (χ0) is 12.9. The summed E-state index contributed by atoms with van der Waals surface area (Å²) in [6, 6.07) is 4.58. The maximum atomic E-state index is 6.64. The van der Waals surface area contributed by atoms with Crippen LogP contribution in [0.25, 0.3) is 0 Å². The van der Waals surface area contributed by atoms with Crippen LogP contribution in [0.15, 0.2) is 12.1 Å². The minimum absolute atomic E-state index is 0.440. The first-order chi connectivity index (χ1) is 8.53. The van der Waals surface area contributed by atoms with Gasteiger partial charge >= 0.3 is 0 Å². The predicted molar refractivity (Wildman–Crippen MR) is 77.6 cm³/mol. The molecule has 0 unspecified atom stereocenters. The van der Waals surface area contributed by atoms with E-state index < -0.39 is 0 Å². The smallest absolute Gasteiger partial charge is 0.0475 e. The molecule has 1 heterocycles. The Morgan fingerprint density at radius 3 is 2.89 bits per heavy atom. The minimum Gasteiger partial charge on any atom is -0.316 e. The average Bonchev–Trinajstić information content (AvgIpc) is 2.71. The van der Waals surface area contributed by atoms with Crippen LogP contribution in [0.4, 0.5) is 0 Å². The highest BCUT2D eigenvalue weighted by atomic mass is 35.5. The molecule has 3 rings (SSSR count). The predicted octanol–water partition coefficient (Wildman–Crippen LogP) is 4.10. The molecule has 18 heavy (non-hydrogen) atoms. The molecule has 2 aliphatic rings. The molecule has 2 atom stereocenters. The molecule has 0 spiro atoms. The van der Waals surface area contributed by atoms with Crippen LogP contribution >= 0.6 is 11.6 Å². The number of rotatable bonds is 1. The molecule has 1 nitrogen and oxygen atoms in total. The van der Waals surface area contributed by atoms with Crippen molar-refractivity contribution in [2.45, 2.75) is 45.4 Å². The molecule has 0 aromatic heterocycles. The van der Waals surface area contributed by atoms with Gasteiger partial charge in [0.25, 0.3) is 0 Å². The molecule has 0 saturated carbocycles. The Kier molecular flexibility index (Phi) is 2.95. The van der Waals surface area contributed by atoms with Crippen molar-refractivity contribution in [2.75, 3.05) is 13.1 Å². The van der Waals surface area contributed by atoms with Crippen molar-refractivity contribution in [1.29, 1.82) is 0 Å². The van der Waals surface area contributed by atoms with E-state index in [0.717, 1.165) is 24.5 Å². The van der Waals surface area contributed by atoms with Gasteiger partial charge in [-0.05, 0) is 40.9 Å². The normalized spacial score (nSPS) is 30.4. The molecule has 1 aromatic rings. The Balaban J connectivity index is 2.10. The Bertz CT molecular complexity index is 480. The van der Waals surface area contributed by atoms with Crippen molar-refractivity contribution in [3.05, 3.63) is 33.8 Å². The molecule has 1 aromatic carbocycles. The minimum atomic E-state index is 0.440. The van der Waals surface area contributed by atoms with Gasteiger partial charge < -0.3 is 5.32 Å². The highest BCUT2D eigenvalue weighted by molar-refractivity contribution is 6.32. The molecule has 1 N–H and O–H groups in total. The first-order valence-electron chi connectivity index (χ1n) is 7.05. The van der Waals surface area contributed by atoms with E-state index in [1.54, 1.807) is 0 Å². The van der Waals surface area contributed by atoms with Crippen LogP contribution in [-0.4, -0.2) is 13.1 Å². The highest BCUT2D eigenvalue weighted by Gasteiger charge is 2.43. The summed E-state index contributed by atoms with van der Waals surface area (Å²) in [5, 5.41) is 4.60. The van der Waals surface area contributed by atoms with Gasteiger partial charge in [-0.2, -0.15) is 0 Å². The zero-order valence-electron chi connectivity index (χ0n) is 11.5. The Labute approximate surface area is 115 Å². The van der Waals surface area contributed by atoms with Gasteiger partial charge in [0.15, 0.2) is 0 Å². The molecule has 1 aliphatic carbocycles. The first-order valence-corrected chi connectivity index (χ1v) is 7.42. The van der Waals surface area contributed by atoms with Gasteiger partial charge in [-0.25, -0.2) is 0 Å². The largest absolute Gasteiger partial charge is 0.316 e. The molecular weight excluding hydrogens is 242 g/mol. The topological polar surface area (TPSA) is 12.0 Å². The fourth-order valence-corrected chi connectivity index (χ4v) is 4.20. The van der Waals surface area contributed by atoms with Crippen molar-refractivity contribution < 1.29 is 0 Å². The van der Waals surface area contributed by atoms with E-state index in [-0.39, 0.29) is 0 Å². The van der Waals surface area contributed by atoms with Gasteiger partial charge in [0.2, 0.25) is 0 Å². The second kappa shape index (κ2) is 4.25. The fourth-order valence-electron chi connectivity index (χ4n) is 3.71. The van der Waals surface area contributed by atoms with Crippen LogP contribution < -0.4 is 5.32 Å². The van der Waals surface area contributed by atoms with Crippen LogP contribution in [0.3, 0.4) is 0 Å². The third kappa shape index (κ3) is 1.71. The summed E-state index contributed by atoms with van der Waals surface area (Å²) >= 11 is 6.64. The third-order valence-corrected chi connectivity index (χ3v) is 5.42. The summed E-state index contributed by atoms with van der Waals surface area (Å²) in [4.78, 5) is 0. The molecule has 98 valence electrons. The highest BCUT2D eigenvalue weighted by Crippen LogP contribution is 2.49. The van der Waals surface area contributed by atoms with Crippen molar-refractivity contribution in [1.82, 2.24) is 5.32 Å². The van der Waals surface area contributed by atoms with E-state index in [0.29, 0.717) is 17.3 Å². The van der Waals surface area contributed by atoms with Gasteiger partial charge in [-0.3, -0.25) is 0 Å². The standard InChI is InChI=1S/C16H22ClN/c1-10(2)11-4-5-12-13(15(11)17)6-7-16(3)9-18-8-14(12)16/h4-5,10,14,18H,6-9H2,1-3H3/t14-,16+/m0/s1. The fraction of sp³-hybridized carbons (Fsp3) is 0.625. The van der Waals surface area contributed by atoms with Gasteiger partial charge in [0.1, 0.15) is 0 Å². The lowest BCUT2D eigenvalue weighted by molar-refractivity contribution is 0.277. The molecule has 1 saturated heterocycles.